The van der Waals surface area contributed by atoms with E-state index < -0.39 is 6.10 Å². The number of benzene rings is 1. The number of para-hydroxylation sites is 1. The van der Waals surface area contributed by atoms with Crippen LogP contribution in [0.5, 0.6) is 11.5 Å². The Morgan fingerprint density at radius 2 is 2.09 bits per heavy atom. The van der Waals surface area contributed by atoms with Gasteiger partial charge in [0, 0.05) is 29.4 Å². The fraction of sp³-hybridized carbons (Fsp3) is 0.444. The van der Waals surface area contributed by atoms with E-state index in [0.717, 1.165) is 28.4 Å². The van der Waals surface area contributed by atoms with Crippen LogP contribution in [-0.4, -0.2) is 24.4 Å². The van der Waals surface area contributed by atoms with Gasteiger partial charge in [-0.05, 0) is 30.9 Å². The lowest BCUT2D eigenvalue weighted by molar-refractivity contribution is 0.157. The molecular weight excluding hydrogens is 310 g/mol. The fourth-order valence-electron chi connectivity index (χ4n) is 2.69. The molecule has 5 heteroatoms. The number of rotatable bonds is 6. The van der Waals surface area contributed by atoms with E-state index in [4.69, 9.17) is 9.47 Å². The number of fused-ring (bicyclic) bond motifs is 1. The lowest BCUT2D eigenvalue weighted by Gasteiger charge is -2.19. The molecule has 124 valence electrons. The Labute approximate surface area is 141 Å². The third-order valence-electron chi connectivity index (χ3n) is 3.94. The Kier molecular flexibility index (Phi) is 5.54. The van der Waals surface area contributed by atoms with E-state index in [1.165, 1.54) is 0 Å². The second kappa shape index (κ2) is 7.81. The first kappa shape index (κ1) is 16.3. The monoisotopic (exact) mass is 333 g/mol. The normalized spacial score (nSPS) is 16.6. The minimum absolute atomic E-state index is 0.203. The van der Waals surface area contributed by atoms with Gasteiger partial charge in [0.2, 0.25) is 0 Å². The van der Waals surface area contributed by atoms with Gasteiger partial charge in [0.15, 0.2) is 11.5 Å². The third-order valence-corrected chi connectivity index (χ3v) is 4.92. The van der Waals surface area contributed by atoms with Crippen LogP contribution in [0, 0.1) is 0 Å². The number of aliphatic hydroxyl groups excluding tert-OH is 1. The molecule has 4 nitrogen and oxygen atoms in total. The number of hydrogen-bond acceptors (Lipinski definition) is 5. The molecule has 1 aromatic heterocycles. The highest BCUT2D eigenvalue weighted by Crippen LogP contribution is 2.33. The molecule has 0 bridgehead atoms. The summed E-state index contributed by atoms with van der Waals surface area (Å²) < 4.78 is 11.6. The van der Waals surface area contributed by atoms with Crippen LogP contribution in [0.1, 0.15) is 36.3 Å². The van der Waals surface area contributed by atoms with Gasteiger partial charge >= 0.3 is 0 Å². The van der Waals surface area contributed by atoms with E-state index in [-0.39, 0.29) is 6.04 Å². The molecule has 0 amide bonds. The van der Waals surface area contributed by atoms with Crippen molar-refractivity contribution in [2.45, 2.75) is 38.5 Å². The topological polar surface area (TPSA) is 50.7 Å². The van der Waals surface area contributed by atoms with Crippen molar-refractivity contribution in [3.8, 4) is 11.5 Å². The van der Waals surface area contributed by atoms with E-state index in [9.17, 15) is 5.11 Å². The average molecular weight is 333 g/mol. The number of thiophene rings is 1. The smallest absolute Gasteiger partial charge is 0.165 e. The molecule has 1 aromatic carbocycles. The summed E-state index contributed by atoms with van der Waals surface area (Å²) >= 11 is 1.59. The maximum atomic E-state index is 10.2. The van der Waals surface area contributed by atoms with Gasteiger partial charge in [-0.25, -0.2) is 0 Å². The Bertz CT molecular complexity index is 615. The molecule has 0 saturated heterocycles. The van der Waals surface area contributed by atoms with E-state index in [1.54, 1.807) is 11.3 Å². The zero-order valence-corrected chi connectivity index (χ0v) is 14.1. The molecule has 2 N–H and O–H groups in total. The molecule has 2 atom stereocenters. The highest BCUT2D eigenvalue weighted by molar-refractivity contribution is 7.10. The Hall–Kier alpha value is -1.56. The summed E-state index contributed by atoms with van der Waals surface area (Å²) in [7, 11) is 0. The van der Waals surface area contributed by atoms with Gasteiger partial charge in [-0.2, -0.15) is 0 Å². The Balaban J connectivity index is 1.58. The summed E-state index contributed by atoms with van der Waals surface area (Å²) in [5.41, 5.74) is 1.10. The zero-order chi connectivity index (χ0) is 16.1. The first-order valence-corrected chi connectivity index (χ1v) is 8.94. The summed E-state index contributed by atoms with van der Waals surface area (Å²) in [6.45, 7) is 4.19. The molecule has 0 spiro atoms. The predicted molar refractivity (Wildman–Crippen MR) is 92.2 cm³/mol. The first-order valence-electron chi connectivity index (χ1n) is 8.06. The first-order chi connectivity index (χ1) is 11.2. The van der Waals surface area contributed by atoms with Crippen LogP contribution >= 0.6 is 11.3 Å². The summed E-state index contributed by atoms with van der Waals surface area (Å²) in [5.74, 6) is 1.68. The van der Waals surface area contributed by atoms with Crippen LogP contribution in [0.3, 0.4) is 0 Å². The number of ether oxygens (including phenoxy) is 2. The second-order valence-corrected chi connectivity index (χ2v) is 6.82. The van der Waals surface area contributed by atoms with Crippen molar-refractivity contribution in [3.63, 3.8) is 0 Å². The molecule has 0 aliphatic carbocycles. The van der Waals surface area contributed by atoms with Crippen molar-refractivity contribution in [2.75, 3.05) is 13.2 Å². The lowest BCUT2D eigenvalue weighted by Crippen LogP contribution is -2.27. The summed E-state index contributed by atoms with van der Waals surface area (Å²) in [6, 6.07) is 10.2. The van der Waals surface area contributed by atoms with Crippen LogP contribution < -0.4 is 14.8 Å². The number of nitrogens with one attached hydrogen (secondary N) is 1. The van der Waals surface area contributed by atoms with E-state index >= 15 is 0 Å². The third kappa shape index (κ3) is 4.25. The Morgan fingerprint density at radius 1 is 1.22 bits per heavy atom. The second-order valence-electron chi connectivity index (χ2n) is 5.84. The van der Waals surface area contributed by atoms with Crippen LogP contribution in [0.25, 0.3) is 0 Å². The van der Waals surface area contributed by atoms with Gasteiger partial charge in [0.1, 0.15) is 0 Å². The van der Waals surface area contributed by atoms with Crippen LogP contribution in [-0.2, 0) is 6.54 Å². The summed E-state index contributed by atoms with van der Waals surface area (Å²) in [4.78, 5) is 1.02. The summed E-state index contributed by atoms with van der Waals surface area (Å²) in [6.07, 6.45) is 1.18. The van der Waals surface area contributed by atoms with Crippen molar-refractivity contribution in [3.05, 3.63) is 46.2 Å². The highest BCUT2D eigenvalue weighted by atomic mass is 32.1. The molecule has 1 aliphatic heterocycles. The molecule has 23 heavy (non-hydrogen) atoms. The Morgan fingerprint density at radius 3 is 2.91 bits per heavy atom. The zero-order valence-electron chi connectivity index (χ0n) is 13.3. The van der Waals surface area contributed by atoms with Gasteiger partial charge in [0.25, 0.3) is 0 Å². The maximum absolute atomic E-state index is 10.2. The largest absolute Gasteiger partial charge is 0.490 e. The van der Waals surface area contributed by atoms with Crippen LogP contribution in [0.15, 0.2) is 35.7 Å². The van der Waals surface area contributed by atoms with Crippen molar-refractivity contribution in [1.82, 2.24) is 5.32 Å². The molecule has 2 aromatic rings. The summed E-state index contributed by atoms with van der Waals surface area (Å²) in [5, 5.41) is 15.7. The molecule has 2 unspecified atom stereocenters. The highest BCUT2D eigenvalue weighted by Gasteiger charge is 2.16. The molecule has 0 radical (unpaired) electrons. The molecule has 3 rings (SSSR count). The minimum Gasteiger partial charge on any atom is -0.490 e. The van der Waals surface area contributed by atoms with Crippen molar-refractivity contribution < 1.29 is 14.6 Å². The lowest BCUT2D eigenvalue weighted by atomic mass is 10.1. The van der Waals surface area contributed by atoms with E-state index in [0.29, 0.717) is 26.2 Å². The van der Waals surface area contributed by atoms with Crippen LogP contribution in [0.4, 0.5) is 0 Å². The van der Waals surface area contributed by atoms with Gasteiger partial charge in [0.05, 0.1) is 19.3 Å². The van der Waals surface area contributed by atoms with Gasteiger partial charge in [-0.3, -0.25) is 0 Å². The fourth-order valence-corrected chi connectivity index (χ4v) is 3.42. The maximum Gasteiger partial charge on any atom is 0.165 e. The standard InChI is InChI=1S/C18H23NO3S/c1-13(11-15(20)17-7-3-10-23-17)19-12-14-5-2-6-16-18(14)22-9-4-8-21-16/h2-3,5-7,10,13,15,19-20H,4,8-9,11-12H2,1H3. The van der Waals surface area contributed by atoms with Crippen molar-refractivity contribution >= 4 is 11.3 Å². The number of aliphatic hydroxyl groups is 1. The quantitative estimate of drug-likeness (QED) is 0.849. The molecule has 2 heterocycles. The molecule has 1 aliphatic rings. The van der Waals surface area contributed by atoms with Gasteiger partial charge in [-0.15, -0.1) is 11.3 Å². The molecule has 0 saturated carbocycles. The van der Waals surface area contributed by atoms with E-state index in [2.05, 4.69) is 18.3 Å². The minimum atomic E-state index is -0.412. The predicted octanol–water partition coefficient (Wildman–Crippen LogP) is 3.51. The van der Waals surface area contributed by atoms with Gasteiger partial charge < -0.3 is 19.9 Å². The molecule has 0 fully saturated rings. The van der Waals surface area contributed by atoms with Crippen LogP contribution in [0.2, 0.25) is 0 Å². The van der Waals surface area contributed by atoms with E-state index in [1.807, 2.05) is 29.6 Å². The average Bonchev–Trinajstić information content (AvgIpc) is 2.98. The van der Waals surface area contributed by atoms with Crippen molar-refractivity contribution in [1.29, 1.82) is 0 Å². The SMILES string of the molecule is CC(CC(O)c1cccs1)NCc1cccc2c1OCCCO2. The molecular formula is C18H23NO3S. The van der Waals surface area contributed by atoms with Crippen molar-refractivity contribution in [2.24, 2.45) is 0 Å². The van der Waals surface area contributed by atoms with Gasteiger partial charge in [-0.1, -0.05) is 18.2 Å². The number of hydrogen-bond donors (Lipinski definition) is 2.